The number of nitrogens with zero attached hydrogens (tertiary/aromatic N) is 2. The van der Waals surface area contributed by atoms with Crippen LogP contribution in [0.5, 0.6) is 5.75 Å². The second-order valence-electron chi connectivity index (χ2n) is 7.08. The lowest BCUT2D eigenvalue weighted by Gasteiger charge is -2.23. The van der Waals surface area contributed by atoms with Crippen molar-refractivity contribution in [1.82, 2.24) is 5.32 Å². The lowest BCUT2D eigenvalue weighted by atomic mass is 10.1. The van der Waals surface area contributed by atoms with Gasteiger partial charge in [-0.1, -0.05) is 12.1 Å². The zero-order valence-corrected chi connectivity index (χ0v) is 19.8. The van der Waals surface area contributed by atoms with Crippen molar-refractivity contribution in [2.24, 2.45) is 0 Å². The summed E-state index contributed by atoms with van der Waals surface area (Å²) in [7, 11) is -1.22. The first-order chi connectivity index (χ1) is 16.1. The molecule has 0 atom stereocenters. The Labute approximate surface area is 197 Å². The van der Waals surface area contributed by atoms with Crippen LogP contribution in [-0.4, -0.2) is 65.3 Å². The van der Waals surface area contributed by atoms with Crippen LogP contribution in [0.25, 0.3) is 0 Å². The van der Waals surface area contributed by atoms with Gasteiger partial charge < -0.3 is 20.1 Å². The molecular weight excluding hydrogens is 468 g/mol. The summed E-state index contributed by atoms with van der Waals surface area (Å²) in [5, 5.41) is 16.4. The largest absolute Gasteiger partial charge is 0.495 e. The first-order valence-electron chi connectivity index (χ1n) is 10.0. The van der Waals surface area contributed by atoms with Crippen LogP contribution in [-0.2, 0) is 19.6 Å². The minimum Gasteiger partial charge on any atom is -0.495 e. The Hall–Kier alpha value is -3.71. The number of carbonyl (C=O) groups excluding carboxylic acids is 2. The number of benzene rings is 2. The van der Waals surface area contributed by atoms with Crippen LogP contribution in [0.15, 0.2) is 42.5 Å². The van der Waals surface area contributed by atoms with E-state index in [-0.39, 0.29) is 28.4 Å². The maximum absolute atomic E-state index is 12.8. The molecule has 0 aromatic heterocycles. The maximum Gasteiger partial charge on any atom is 0.271 e. The van der Waals surface area contributed by atoms with Crippen molar-refractivity contribution in [3.63, 3.8) is 0 Å². The Bertz CT molecular complexity index is 1150. The van der Waals surface area contributed by atoms with E-state index < -0.39 is 33.3 Å². The molecule has 2 aromatic rings. The Morgan fingerprint density at radius 3 is 2.47 bits per heavy atom. The first-order valence-corrected chi connectivity index (χ1v) is 11.9. The summed E-state index contributed by atoms with van der Waals surface area (Å²) >= 11 is 0. The summed E-state index contributed by atoms with van der Waals surface area (Å²) in [4.78, 5) is 35.8. The highest BCUT2D eigenvalue weighted by molar-refractivity contribution is 7.92. The van der Waals surface area contributed by atoms with E-state index in [1.807, 2.05) is 0 Å². The van der Waals surface area contributed by atoms with Gasteiger partial charge in [0, 0.05) is 32.4 Å². The summed E-state index contributed by atoms with van der Waals surface area (Å²) in [5.41, 5.74) is -0.179. The van der Waals surface area contributed by atoms with E-state index in [0.29, 0.717) is 23.9 Å². The van der Waals surface area contributed by atoms with E-state index in [0.717, 1.165) is 18.4 Å². The summed E-state index contributed by atoms with van der Waals surface area (Å²) in [6.45, 7) is 0.130. The summed E-state index contributed by atoms with van der Waals surface area (Å²) in [6.07, 6.45) is 1.46. The number of nitro groups is 1. The van der Waals surface area contributed by atoms with Gasteiger partial charge in [0.2, 0.25) is 15.9 Å². The molecule has 2 rings (SSSR count). The number of carbonyl (C=O) groups is 2. The molecule has 0 heterocycles. The topological polar surface area (TPSA) is 157 Å². The van der Waals surface area contributed by atoms with E-state index in [9.17, 15) is 28.1 Å². The van der Waals surface area contributed by atoms with Crippen molar-refractivity contribution >= 4 is 38.9 Å². The number of para-hydroxylation sites is 1. The van der Waals surface area contributed by atoms with Crippen LogP contribution in [0.2, 0.25) is 0 Å². The van der Waals surface area contributed by atoms with E-state index in [2.05, 4.69) is 10.6 Å². The second-order valence-corrected chi connectivity index (χ2v) is 8.99. The van der Waals surface area contributed by atoms with Crippen molar-refractivity contribution in [2.45, 2.75) is 6.42 Å². The number of hydrogen-bond donors (Lipinski definition) is 2. The highest BCUT2D eigenvalue weighted by Gasteiger charge is 2.26. The third kappa shape index (κ3) is 7.15. The summed E-state index contributed by atoms with van der Waals surface area (Å²) < 4.78 is 35.7. The average molecular weight is 495 g/mol. The van der Waals surface area contributed by atoms with Gasteiger partial charge in [0.1, 0.15) is 18.0 Å². The second kappa shape index (κ2) is 12.0. The quantitative estimate of drug-likeness (QED) is 0.257. The molecule has 0 unspecified atom stereocenters. The minimum atomic E-state index is -4.05. The van der Waals surface area contributed by atoms with Crippen molar-refractivity contribution < 1.29 is 32.4 Å². The number of anilines is 2. The number of rotatable bonds is 12. The zero-order valence-electron chi connectivity index (χ0n) is 18.9. The van der Waals surface area contributed by atoms with Crippen LogP contribution in [0.4, 0.5) is 17.1 Å². The highest BCUT2D eigenvalue weighted by atomic mass is 32.2. The van der Waals surface area contributed by atoms with Crippen LogP contribution in [0.3, 0.4) is 0 Å². The van der Waals surface area contributed by atoms with E-state index in [1.54, 1.807) is 19.2 Å². The zero-order chi connectivity index (χ0) is 25.3. The standard InChI is InChI=1S/C21H26N4O8S/c1-32-12-6-11-22-21(27)16-7-4-5-8-17(16)23-20(26)14-24(34(3,30)31)18-13-15(25(28)29)9-10-19(18)33-2/h4-5,7-10,13H,6,11-12,14H2,1-3H3,(H,22,27)(H,23,26). The molecule has 2 amide bonds. The molecule has 0 aliphatic carbocycles. The molecule has 34 heavy (non-hydrogen) atoms. The molecular formula is C21H26N4O8S. The van der Waals surface area contributed by atoms with E-state index in [1.165, 1.54) is 25.3 Å². The monoisotopic (exact) mass is 494 g/mol. The number of nitrogens with one attached hydrogen (secondary N) is 2. The van der Waals surface area contributed by atoms with Gasteiger partial charge >= 0.3 is 0 Å². The number of nitro benzene ring substituents is 1. The predicted molar refractivity (Wildman–Crippen MR) is 126 cm³/mol. The number of ether oxygens (including phenoxy) is 2. The molecule has 0 saturated heterocycles. The molecule has 0 saturated carbocycles. The molecule has 0 spiro atoms. The Morgan fingerprint density at radius 1 is 1.15 bits per heavy atom. The maximum atomic E-state index is 12.8. The van der Waals surface area contributed by atoms with Gasteiger partial charge in [-0.25, -0.2) is 8.42 Å². The Balaban J connectivity index is 2.28. The van der Waals surface area contributed by atoms with Gasteiger partial charge in [-0.2, -0.15) is 0 Å². The molecule has 12 nitrogen and oxygen atoms in total. The average Bonchev–Trinajstić information content (AvgIpc) is 2.79. The molecule has 0 aliphatic heterocycles. The lowest BCUT2D eigenvalue weighted by Crippen LogP contribution is -2.38. The van der Waals surface area contributed by atoms with Crippen LogP contribution < -0.4 is 19.7 Å². The SMILES string of the molecule is COCCCNC(=O)c1ccccc1NC(=O)CN(c1cc([N+](=O)[O-])ccc1OC)S(C)(=O)=O. The van der Waals surface area contributed by atoms with Gasteiger partial charge in [-0.15, -0.1) is 0 Å². The van der Waals surface area contributed by atoms with Crippen molar-refractivity contribution in [2.75, 3.05) is 49.8 Å². The smallest absolute Gasteiger partial charge is 0.271 e. The molecule has 2 aromatic carbocycles. The molecule has 184 valence electrons. The lowest BCUT2D eigenvalue weighted by molar-refractivity contribution is -0.384. The number of sulfonamides is 1. The normalized spacial score (nSPS) is 10.9. The van der Waals surface area contributed by atoms with Gasteiger partial charge in [-0.05, 0) is 24.6 Å². The van der Waals surface area contributed by atoms with E-state index >= 15 is 0 Å². The van der Waals surface area contributed by atoms with Crippen molar-refractivity contribution in [3.05, 3.63) is 58.1 Å². The van der Waals surface area contributed by atoms with Crippen molar-refractivity contribution in [1.29, 1.82) is 0 Å². The molecule has 0 bridgehead atoms. The van der Waals surface area contributed by atoms with Crippen molar-refractivity contribution in [3.8, 4) is 5.75 Å². The Kier molecular flexibility index (Phi) is 9.33. The fourth-order valence-electron chi connectivity index (χ4n) is 2.99. The van der Waals surface area contributed by atoms with Crippen LogP contribution in [0.1, 0.15) is 16.8 Å². The molecule has 0 aliphatic rings. The van der Waals surface area contributed by atoms with Gasteiger partial charge in [0.15, 0.2) is 0 Å². The van der Waals surface area contributed by atoms with Gasteiger partial charge in [0.25, 0.3) is 11.6 Å². The summed E-state index contributed by atoms with van der Waals surface area (Å²) in [5.74, 6) is -1.16. The van der Waals surface area contributed by atoms with Crippen LogP contribution in [0, 0.1) is 10.1 Å². The number of methoxy groups -OCH3 is 2. The third-order valence-corrected chi connectivity index (χ3v) is 5.71. The molecule has 13 heteroatoms. The van der Waals surface area contributed by atoms with Gasteiger partial charge in [0.05, 0.1) is 29.5 Å². The minimum absolute atomic E-state index is 0.0275. The number of non-ortho nitro benzene ring substituents is 1. The fraction of sp³-hybridized carbons (Fsp3) is 0.333. The third-order valence-electron chi connectivity index (χ3n) is 4.59. The Morgan fingerprint density at radius 2 is 1.85 bits per heavy atom. The molecule has 0 radical (unpaired) electrons. The number of amides is 2. The molecule has 0 fully saturated rings. The first kappa shape index (κ1) is 26.5. The van der Waals surface area contributed by atoms with E-state index in [4.69, 9.17) is 9.47 Å². The van der Waals surface area contributed by atoms with Gasteiger partial charge in [-0.3, -0.25) is 24.0 Å². The highest BCUT2D eigenvalue weighted by Crippen LogP contribution is 2.33. The van der Waals surface area contributed by atoms with Crippen LogP contribution >= 0.6 is 0 Å². The fourth-order valence-corrected chi connectivity index (χ4v) is 3.84. The predicted octanol–water partition coefficient (Wildman–Crippen LogP) is 1.77. The number of hydrogen-bond acceptors (Lipinski definition) is 8. The molecule has 2 N–H and O–H groups in total. The summed E-state index contributed by atoms with van der Waals surface area (Å²) in [6, 6.07) is 9.65.